The number of aliphatic hydroxyl groups excluding tert-OH is 1. The molecule has 0 aliphatic heterocycles. The second kappa shape index (κ2) is 5.91. The molecule has 3 heteroatoms. The van der Waals surface area contributed by atoms with Gasteiger partial charge in [-0.2, -0.15) is 0 Å². The van der Waals surface area contributed by atoms with Crippen LogP contribution in [-0.4, -0.2) is 23.7 Å². The molecular weight excluding hydrogens is 190 g/mol. The van der Waals surface area contributed by atoms with Gasteiger partial charge >= 0.3 is 0 Å². The second-order valence-electron chi connectivity index (χ2n) is 4.57. The highest BCUT2D eigenvalue weighted by Crippen LogP contribution is 2.17. The van der Waals surface area contributed by atoms with Gasteiger partial charge in [0.15, 0.2) is 0 Å². The normalized spacial score (nSPS) is 20.2. The smallest absolute Gasteiger partial charge is 0.223 e. The summed E-state index contributed by atoms with van der Waals surface area (Å²) in [5, 5.41) is 12.1. The Balaban J connectivity index is 2.16. The van der Waals surface area contributed by atoms with Gasteiger partial charge in [0.2, 0.25) is 5.91 Å². The van der Waals surface area contributed by atoms with Crippen LogP contribution in [0, 0.1) is 11.8 Å². The van der Waals surface area contributed by atoms with Gasteiger partial charge in [-0.15, -0.1) is 0 Å². The number of allylic oxidation sites excluding steroid dienone is 2. The lowest BCUT2D eigenvalue weighted by Crippen LogP contribution is -2.33. The Kier molecular flexibility index (Phi) is 4.82. The van der Waals surface area contributed by atoms with Crippen LogP contribution in [0.2, 0.25) is 0 Å². The van der Waals surface area contributed by atoms with Crippen LogP contribution >= 0.6 is 0 Å². The lowest BCUT2D eigenvalue weighted by Gasteiger charge is -2.16. The zero-order valence-electron chi connectivity index (χ0n) is 9.57. The van der Waals surface area contributed by atoms with Crippen LogP contribution < -0.4 is 5.32 Å². The molecule has 0 radical (unpaired) electrons. The summed E-state index contributed by atoms with van der Waals surface area (Å²) in [5.41, 5.74) is 0. The molecule has 0 aromatic carbocycles. The van der Waals surface area contributed by atoms with Crippen LogP contribution in [0.3, 0.4) is 0 Å². The van der Waals surface area contributed by atoms with E-state index in [-0.39, 0.29) is 17.9 Å². The number of hydrogen-bond donors (Lipinski definition) is 2. The van der Waals surface area contributed by atoms with Gasteiger partial charge in [-0.1, -0.05) is 19.1 Å². The SMILES string of the molecule is CC(O)CC(C)CNC(=O)C1CC=CC1. The second-order valence-corrected chi connectivity index (χ2v) is 4.57. The van der Waals surface area contributed by atoms with E-state index in [0.29, 0.717) is 12.5 Å². The lowest BCUT2D eigenvalue weighted by atomic mass is 10.0. The number of hydrogen-bond acceptors (Lipinski definition) is 2. The minimum Gasteiger partial charge on any atom is -0.393 e. The molecule has 86 valence electrons. The maximum atomic E-state index is 11.6. The Labute approximate surface area is 91.6 Å². The standard InChI is InChI=1S/C12H21NO2/c1-9(7-10(2)14)8-13-12(15)11-5-3-4-6-11/h3-4,9-11,14H,5-8H2,1-2H3,(H,13,15). The highest BCUT2D eigenvalue weighted by atomic mass is 16.3. The van der Waals surface area contributed by atoms with Crippen LogP contribution in [0.25, 0.3) is 0 Å². The van der Waals surface area contributed by atoms with E-state index in [1.165, 1.54) is 0 Å². The molecule has 0 heterocycles. The van der Waals surface area contributed by atoms with Crippen molar-refractivity contribution in [3.8, 4) is 0 Å². The molecule has 1 rings (SSSR count). The topological polar surface area (TPSA) is 49.3 Å². The van der Waals surface area contributed by atoms with Gasteiger partial charge in [-0.05, 0) is 32.1 Å². The third kappa shape index (κ3) is 4.47. The number of aliphatic hydroxyl groups is 1. The van der Waals surface area contributed by atoms with Gasteiger partial charge in [0.1, 0.15) is 0 Å². The molecule has 0 saturated carbocycles. The summed E-state index contributed by atoms with van der Waals surface area (Å²) < 4.78 is 0. The van der Waals surface area contributed by atoms with Crippen molar-refractivity contribution in [2.24, 2.45) is 11.8 Å². The van der Waals surface area contributed by atoms with E-state index < -0.39 is 0 Å². The van der Waals surface area contributed by atoms with E-state index >= 15 is 0 Å². The maximum absolute atomic E-state index is 11.6. The first kappa shape index (κ1) is 12.2. The number of carbonyl (C=O) groups excluding carboxylic acids is 1. The van der Waals surface area contributed by atoms with Gasteiger partial charge in [0.05, 0.1) is 6.10 Å². The van der Waals surface area contributed by atoms with Crippen molar-refractivity contribution < 1.29 is 9.90 Å². The van der Waals surface area contributed by atoms with E-state index in [1.807, 2.05) is 6.92 Å². The van der Waals surface area contributed by atoms with Crippen molar-refractivity contribution >= 4 is 5.91 Å². The first-order chi connectivity index (χ1) is 7.09. The maximum Gasteiger partial charge on any atom is 0.223 e. The highest BCUT2D eigenvalue weighted by molar-refractivity contribution is 5.79. The van der Waals surface area contributed by atoms with Crippen molar-refractivity contribution in [2.75, 3.05) is 6.54 Å². The van der Waals surface area contributed by atoms with Crippen LogP contribution in [0.5, 0.6) is 0 Å². The summed E-state index contributed by atoms with van der Waals surface area (Å²) in [5.74, 6) is 0.629. The fourth-order valence-corrected chi connectivity index (χ4v) is 1.92. The van der Waals surface area contributed by atoms with Crippen molar-refractivity contribution in [1.29, 1.82) is 0 Å². The number of nitrogens with one attached hydrogen (secondary N) is 1. The minimum absolute atomic E-state index is 0.142. The fraction of sp³-hybridized carbons (Fsp3) is 0.750. The first-order valence-electron chi connectivity index (χ1n) is 5.70. The summed E-state index contributed by atoms with van der Waals surface area (Å²) in [6.07, 6.45) is 6.31. The summed E-state index contributed by atoms with van der Waals surface area (Å²) in [4.78, 5) is 11.6. The fourth-order valence-electron chi connectivity index (χ4n) is 1.92. The molecule has 0 spiro atoms. The van der Waals surface area contributed by atoms with Gasteiger partial charge in [0.25, 0.3) is 0 Å². The summed E-state index contributed by atoms with van der Waals surface area (Å²) in [6.45, 7) is 4.49. The Bertz CT molecular complexity index is 228. The Morgan fingerprint density at radius 3 is 2.60 bits per heavy atom. The van der Waals surface area contributed by atoms with Gasteiger partial charge < -0.3 is 10.4 Å². The van der Waals surface area contributed by atoms with Crippen LogP contribution in [0.15, 0.2) is 12.2 Å². The molecule has 0 fully saturated rings. The van der Waals surface area contributed by atoms with Crippen molar-refractivity contribution in [2.45, 2.75) is 39.2 Å². The molecule has 0 aromatic heterocycles. The summed E-state index contributed by atoms with van der Waals surface area (Å²) in [7, 11) is 0. The number of rotatable bonds is 5. The summed E-state index contributed by atoms with van der Waals surface area (Å²) >= 11 is 0. The molecule has 2 N–H and O–H groups in total. The van der Waals surface area contributed by atoms with Crippen molar-refractivity contribution in [3.05, 3.63) is 12.2 Å². The molecule has 1 aliphatic rings. The molecule has 1 amide bonds. The molecule has 0 saturated heterocycles. The molecule has 2 unspecified atom stereocenters. The quantitative estimate of drug-likeness (QED) is 0.677. The largest absolute Gasteiger partial charge is 0.393 e. The number of amides is 1. The zero-order chi connectivity index (χ0) is 11.3. The van der Waals surface area contributed by atoms with Gasteiger partial charge in [0, 0.05) is 12.5 Å². The average Bonchev–Trinajstić information content (AvgIpc) is 2.65. The van der Waals surface area contributed by atoms with E-state index in [2.05, 4.69) is 17.5 Å². The van der Waals surface area contributed by atoms with Crippen LogP contribution in [0.4, 0.5) is 0 Å². The van der Waals surface area contributed by atoms with Gasteiger partial charge in [-0.3, -0.25) is 4.79 Å². The predicted octanol–water partition coefficient (Wildman–Crippen LogP) is 1.48. The van der Waals surface area contributed by atoms with Crippen molar-refractivity contribution in [1.82, 2.24) is 5.32 Å². The molecule has 0 aromatic rings. The van der Waals surface area contributed by atoms with Gasteiger partial charge in [-0.25, -0.2) is 0 Å². The third-order valence-electron chi connectivity index (χ3n) is 2.75. The molecular formula is C12H21NO2. The lowest BCUT2D eigenvalue weighted by molar-refractivity contribution is -0.124. The Morgan fingerprint density at radius 1 is 1.47 bits per heavy atom. The predicted molar refractivity (Wildman–Crippen MR) is 60.3 cm³/mol. The minimum atomic E-state index is -0.287. The van der Waals surface area contributed by atoms with Crippen LogP contribution in [0.1, 0.15) is 33.1 Å². The van der Waals surface area contributed by atoms with E-state index in [0.717, 1.165) is 19.3 Å². The van der Waals surface area contributed by atoms with E-state index in [9.17, 15) is 9.90 Å². The molecule has 1 aliphatic carbocycles. The average molecular weight is 211 g/mol. The zero-order valence-corrected chi connectivity index (χ0v) is 9.57. The Morgan fingerprint density at radius 2 is 2.07 bits per heavy atom. The molecule has 15 heavy (non-hydrogen) atoms. The van der Waals surface area contributed by atoms with Crippen molar-refractivity contribution in [3.63, 3.8) is 0 Å². The first-order valence-corrected chi connectivity index (χ1v) is 5.70. The summed E-state index contributed by atoms with van der Waals surface area (Å²) in [6, 6.07) is 0. The van der Waals surface area contributed by atoms with Crippen LogP contribution in [-0.2, 0) is 4.79 Å². The monoisotopic (exact) mass is 211 g/mol. The van der Waals surface area contributed by atoms with E-state index in [4.69, 9.17) is 0 Å². The highest BCUT2D eigenvalue weighted by Gasteiger charge is 2.19. The molecule has 2 atom stereocenters. The molecule has 0 bridgehead atoms. The third-order valence-corrected chi connectivity index (χ3v) is 2.75. The number of carbonyl (C=O) groups is 1. The Hall–Kier alpha value is -0.830. The van der Waals surface area contributed by atoms with E-state index in [1.54, 1.807) is 6.92 Å². The molecule has 3 nitrogen and oxygen atoms in total.